The minimum atomic E-state index is -0.393. The predicted molar refractivity (Wildman–Crippen MR) is 57.7 cm³/mol. The van der Waals surface area contributed by atoms with Gasteiger partial charge in [0.05, 0.1) is 0 Å². The molecule has 0 spiro atoms. The van der Waals surface area contributed by atoms with Crippen LogP contribution in [0.25, 0.3) is 0 Å². The predicted octanol–water partition coefficient (Wildman–Crippen LogP) is 2.11. The summed E-state index contributed by atoms with van der Waals surface area (Å²) < 4.78 is 12.9. The van der Waals surface area contributed by atoms with Gasteiger partial charge >= 0.3 is 0 Å². The lowest BCUT2D eigenvalue weighted by Crippen LogP contribution is -2.12. The largest absolute Gasteiger partial charge is 0.320 e. The number of nitrogens with one attached hydrogen (secondary N) is 2. The number of anilines is 1. The Bertz CT molecular complexity index is 521. The van der Waals surface area contributed by atoms with E-state index in [1.807, 2.05) is 0 Å². The molecule has 1 heterocycles. The molecule has 0 aliphatic heterocycles. The highest BCUT2D eigenvalue weighted by Gasteiger charge is 2.09. The maximum atomic E-state index is 12.9. The van der Waals surface area contributed by atoms with Gasteiger partial charge in [-0.15, -0.1) is 0 Å². The first-order valence-corrected chi connectivity index (χ1v) is 4.74. The molecule has 0 fully saturated rings. The second-order valence-corrected chi connectivity index (χ2v) is 3.40. The third-order valence-electron chi connectivity index (χ3n) is 2.02. The maximum absolute atomic E-state index is 12.9. The third kappa shape index (κ3) is 2.25. The van der Waals surface area contributed by atoms with Crippen LogP contribution < -0.4 is 5.32 Å². The van der Waals surface area contributed by atoms with Gasteiger partial charge in [-0.05, 0) is 31.2 Å². The molecule has 1 amide bonds. The van der Waals surface area contributed by atoms with Gasteiger partial charge in [0.25, 0.3) is 5.91 Å². The Balaban J connectivity index is 2.13. The number of aromatic nitrogens is 2. The van der Waals surface area contributed by atoms with Crippen molar-refractivity contribution in [3.8, 4) is 0 Å². The van der Waals surface area contributed by atoms with E-state index in [0.29, 0.717) is 5.69 Å². The van der Waals surface area contributed by atoms with E-state index in [-0.39, 0.29) is 11.6 Å². The molecule has 2 N–H and O–H groups in total. The zero-order valence-corrected chi connectivity index (χ0v) is 8.62. The van der Waals surface area contributed by atoms with Gasteiger partial charge in [-0.1, -0.05) is 6.07 Å². The molecule has 0 bridgehead atoms. The van der Waals surface area contributed by atoms with Crippen molar-refractivity contribution in [2.75, 3.05) is 5.32 Å². The van der Waals surface area contributed by atoms with Crippen LogP contribution in [-0.2, 0) is 0 Å². The molecule has 0 saturated heterocycles. The highest BCUT2D eigenvalue weighted by atomic mass is 19.1. The summed E-state index contributed by atoms with van der Waals surface area (Å²) in [6.45, 7) is 1.80. The van der Waals surface area contributed by atoms with Gasteiger partial charge in [0.1, 0.15) is 5.82 Å². The standard InChI is InChI=1S/C11H10FN3O/c1-7-5-10(15-14-7)11(16)13-9-4-2-3-8(12)6-9/h2-6H,1H3,(H,13,16)(H,14,15). The molecular formula is C11H10FN3O. The quantitative estimate of drug-likeness (QED) is 0.812. The maximum Gasteiger partial charge on any atom is 0.276 e. The fourth-order valence-corrected chi connectivity index (χ4v) is 1.30. The van der Waals surface area contributed by atoms with Crippen LogP contribution in [0.15, 0.2) is 30.3 Å². The lowest BCUT2D eigenvalue weighted by atomic mass is 10.3. The van der Waals surface area contributed by atoms with E-state index in [1.165, 1.54) is 18.2 Å². The Labute approximate surface area is 91.5 Å². The van der Waals surface area contributed by atoms with Crippen molar-refractivity contribution < 1.29 is 9.18 Å². The number of aromatic amines is 1. The fourth-order valence-electron chi connectivity index (χ4n) is 1.30. The molecule has 0 aliphatic rings. The van der Waals surface area contributed by atoms with Crippen molar-refractivity contribution in [1.82, 2.24) is 10.2 Å². The van der Waals surface area contributed by atoms with E-state index in [2.05, 4.69) is 15.5 Å². The number of aryl methyl sites for hydroxylation is 1. The average molecular weight is 219 g/mol. The molecule has 2 rings (SSSR count). The molecule has 0 atom stereocenters. The molecule has 5 heteroatoms. The number of H-pyrrole nitrogens is 1. The van der Waals surface area contributed by atoms with Crippen LogP contribution in [0.3, 0.4) is 0 Å². The second kappa shape index (κ2) is 4.14. The van der Waals surface area contributed by atoms with Gasteiger partial charge in [-0.2, -0.15) is 5.10 Å². The van der Waals surface area contributed by atoms with Gasteiger partial charge in [0.2, 0.25) is 0 Å². The van der Waals surface area contributed by atoms with Crippen molar-refractivity contribution in [3.05, 3.63) is 47.5 Å². The van der Waals surface area contributed by atoms with Gasteiger partial charge in [0.15, 0.2) is 5.69 Å². The van der Waals surface area contributed by atoms with Gasteiger partial charge in [-0.25, -0.2) is 4.39 Å². The lowest BCUT2D eigenvalue weighted by Gasteiger charge is -2.02. The van der Waals surface area contributed by atoms with E-state index >= 15 is 0 Å². The van der Waals surface area contributed by atoms with E-state index in [1.54, 1.807) is 19.1 Å². The normalized spacial score (nSPS) is 10.1. The molecule has 4 nitrogen and oxygen atoms in total. The van der Waals surface area contributed by atoms with E-state index in [0.717, 1.165) is 5.69 Å². The SMILES string of the molecule is Cc1cc(C(=O)Nc2cccc(F)c2)n[nH]1. The molecular weight excluding hydrogens is 209 g/mol. The van der Waals surface area contributed by atoms with Crippen LogP contribution in [-0.4, -0.2) is 16.1 Å². The molecule has 0 saturated carbocycles. The van der Waals surface area contributed by atoms with Gasteiger partial charge in [0, 0.05) is 11.4 Å². The van der Waals surface area contributed by atoms with Crippen molar-refractivity contribution in [1.29, 1.82) is 0 Å². The van der Waals surface area contributed by atoms with E-state index in [9.17, 15) is 9.18 Å². The highest BCUT2D eigenvalue weighted by Crippen LogP contribution is 2.10. The first-order valence-electron chi connectivity index (χ1n) is 4.74. The summed E-state index contributed by atoms with van der Waals surface area (Å²) >= 11 is 0. The Morgan fingerprint density at radius 2 is 2.25 bits per heavy atom. The lowest BCUT2D eigenvalue weighted by molar-refractivity contribution is 0.102. The molecule has 0 aliphatic carbocycles. The Morgan fingerprint density at radius 1 is 1.44 bits per heavy atom. The van der Waals surface area contributed by atoms with Crippen LogP contribution >= 0.6 is 0 Å². The number of halogens is 1. The summed E-state index contributed by atoms with van der Waals surface area (Å²) in [7, 11) is 0. The molecule has 1 aromatic carbocycles. The number of benzene rings is 1. The number of hydrogen-bond acceptors (Lipinski definition) is 2. The number of hydrogen-bond donors (Lipinski definition) is 2. The van der Waals surface area contributed by atoms with Gasteiger partial charge < -0.3 is 5.32 Å². The summed E-state index contributed by atoms with van der Waals surface area (Å²) in [6.07, 6.45) is 0. The van der Waals surface area contributed by atoms with Crippen LogP contribution in [0.2, 0.25) is 0 Å². The molecule has 0 radical (unpaired) electrons. The number of rotatable bonds is 2. The Kier molecular flexibility index (Phi) is 2.68. The first-order chi connectivity index (χ1) is 7.65. The zero-order chi connectivity index (χ0) is 11.5. The van der Waals surface area contributed by atoms with Crippen LogP contribution in [0.4, 0.5) is 10.1 Å². The monoisotopic (exact) mass is 219 g/mol. The minimum absolute atomic E-state index is 0.279. The molecule has 1 aromatic heterocycles. The van der Waals surface area contributed by atoms with Crippen LogP contribution in [0, 0.1) is 12.7 Å². The van der Waals surface area contributed by atoms with Crippen molar-refractivity contribution in [2.24, 2.45) is 0 Å². The van der Waals surface area contributed by atoms with Crippen molar-refractivity contribution in [3.63, 3.8) is 0 Å². The second-order valence-electron chi connectivity index (χ2n) is 3.40. The topological polar surface area (TPSA) is 57.8 Å². The molecule has 2 aromatic rings. The third-order valence-corrected chi connectivity index (χ3v) is 2.02. The smallest absolute Gasteiger partial charge is 0.276 e. The number of amides is 1. The molecule has 82 valence electrons. The number of carbonyl (C=O) groups is 1. The Morgan fingerprint density at radius 3 is 2.88 bits per heavy atom. The number of nitrogens with zero attached hydrogens (tertiary/aromatic N) is 1. The summed E-state index contributed by atoms with van der Waals surface area (Å²) in [4.78, 5) is 11.6. The van der Waals surface area contributed by atoms with Crippen molar-refractivity contribution in [2.45, 2.75) is 6.92 Å². The number of carbonyl (C=O) groups excluding carboxylic acids is 1. The fraction of sp³-hybridized carbons (Fsp3) is 0.0909. The van der Waals surface area contributed by atoms with Gasteiger partial charge in [-0.3, -0.25) is 9.89 Å². The molecule has 0 unspecified atom stereocenters. The summed E-state index contributed by atoms with van der Waals surface area (Å²) in [5, 5.41) is 9.02. The van der Waals surface area contributed by atoms with Crippen LogP contribution in [0.5, 0.6) is 0 Å². The average Bonchev–Trinajstić information content (AvgIpc) is 2.65. The summed E-state index contributed by atoms with van der Waals surface area (Å²) in [5.41, 5.74) is 1.48. The molecule has 16 heavy (non-hydrogen) atoms. The first kappa shape index (κ1) is 10.4. The van der Waals surface area contributed by atoms with Crippen LogP contribution in [0.1, 0.15) is 16.2 Å². The summed E-state index contributed by atoms with van der Waals surface area (Å²) in [5.74, 6) is -0.758. The minimum Gasteiger partial charge on any atom is -0.320 e. The van der Waals surface area contributed by atoms with E-state index in [4.69, 9.17) is 0 Å². The van der Waals surface area contributed by atoms with E-state index < -0.39 is 5.82 Å². The highest BCUT2D eigenvalue weighted by molar-refractivity contribution is 6.02. The Hall–Kier alpha value is -2.17. The van der Waals surface area contributed by atoms with Crippen molar-refractivity contribution >= 4 is 11.6 Å². The summed E-state index contributed by atoms with van der Waals surface area (Å²) in [6, 6.07) is 7.32. The zero-order valence-electron chi connectivity index (χ0n) is 8.62.